The fraction of sp³-hybridized carbons (Fsp3) is 0.478. The fourth-order valence-corrected chi connectivity index (χ4v) is 6.01. The van der Waals surface area contributed by atoms with Gasteiger partial charge in [0, 0.05) is 43.7 Å². The number of carbonyl (C=O) groups is 1. The van der Waals surface area contributed by atoms with Gasteiger partial charge >= 0.3 is 6.09 Å². The van der Waals surface area contributed by atoms with Gasteiger partial charge in [0.05, 0.1) is 17.5 Å². The molecule has 10 heteroatoms. The number of pyridine rings is 1. The highest BCUT2D eigenvalue weighted by Gasteiger charge is 2.40. The van der Waals surface area contributed by atoms with Crippen molar-refractivity contribution >= 4 is 27.7 Å². The van der Waals surface area contributed by atoms with Crippen LogP contribution in [0.15, 0.2) is 53.7 Å². The van der Waals surface area contributed by atoms with Crippen LogP contribution in [0.4, 0.5) is 4.79 Å². The summed E-state index contributed by atoms with van der Waals surface area (Å²) in [6, 6.07) is 8.95. The summed E-state index contributed by atoms with van der Waals surface area (Å²) < 4.78 is 39.5. The maximum absolute atomic E-state index is 13.5. The van der Waals surface area contributed by atoms with E-state index in [0.29, 0.717) is 31.0 Å². The number of carbonyl (C=O) groups excluding carboxylic acids is 1. The van der Waals surface area contributed by atoms with Gasteiger partial charge in [0.15, 0.2) is 0 Å². The van der Waals surface area contributed by atoms with Gasteiger partial charge in [-0.2, -0.15) is 4.31 Å². The van der Waals surface area contributed by atoms with Gasteiger partial charge in [-0.25, -0.2) is 13.2 Å². The highest BCUT2D eigenvalue weighted by atomic mass is 35.5. The van der Waals surface area contributed by atoms with Crippen LogP contribution in [0.1, 0.15) is 31.7 Å². The Morgan fingerprint density at radius 2 is 1.76 bits per heavy atom. The van der Waals surface area contributed by atoms with Gasteiger partial charge in [0.25, 0.3) is 0 Å². The van der Waals surface area contributed by atoms with Crippen LogP contribution >= 0.6 is 11.6 Å². The number of benzene rings is 1. The Kier molecular flexibility index (Phi) is 9.08. The molecule has 3 rings (SSSR count). The maximum Gasteiger partial charge on any atom is 0.410 e. The molecule has 1 aromatic carbocycles. The zero-order valence-corrected chi connectivity index (χ0v) is 20.5. The molecule has 2 aromatic rings. The van der Waals surface area contributed by atoms with Gasteiger partial charge in [0.2, 0.25) is 10.0 Å². The van der Waals surface area contributed by atoms with Crippen molar-refractivity contribution in [1.29, 1.82) is 0 Å². The fourth-order valence-electron chi connectivity index (χ4n) is 4.04. The van der Waals surface area contributed by atoms with Crippen molar-refractivity contribution < 1.29 is 22.7 Å². The number of sulfonamides is 1. The number of amides is 1. The lowest BCUT2D eigenvalue weighted by molar-refractivity contribution is 0.0409. The summed E-state index contributed by atoms with van der Waals surface area (Å²) in [5, 5.41) is 0.459. The maximum atomic E-state index is 13.5. The summed E-state index contributed by atoms with van der Waals surface area (Å²) in [6.07, 6.45) is 4.95. The molecule has 2 unspecified atom stereocenters. The number of hydrogen-bond acceptors (Lipinski definition) is 6. The van der Waals surface area contributed by atoms with E-state index < -0.39 is 22.2 Å². The standard InChI is InChI=1S/C23H30ClN3O5S/c1-3-26(15-18-11-13-25-14-12-18)23(28)32-17-21-6-4-5-20(16-31-2)27(21)33(29,30)22-9-7-19(24)8-10-22/h7-14,20-21H,3-6,15-17H2,1-2H3. The van der Waals surface area contributed by atoms with Gasteiger partial charge in [-0.3, -0.25) is 4.98 Å². The lowest BCUT2D eigenvalue weighted by Gasteiger charge is -2.40. The topological polar surface area (TPSA) is 89.0 Å². The Morgan fingerprint density at radius 3 is 2.36 bits per heavy atom. The molecule has 0 N–H and O–H groups in total. The lowest BCUT2D eigenvalue weighted by Crippen LogP contribution is -2.53. The quantitative estimate of drug-likeness (QED) is 0.523. The number of hydrogen-bond donors (Lipinski definition) is 0. The Bertz CT molecular complexity index is 1000. The average molecular weight is 496 g/mol. The van der Waals surface area contributed by atoms with Crippen LogP contribution in [0.5, 0.6) is 0 Å². The zero-order chi connectivity index (χ0) is 23.8. The summed E-state index contributed by atoms with van der Waals surface area (Å²) >= 11 is 5.95. The number of aromatic nitrogens is 1. The number of rotatable bonds is 9. The molecule has 0 radical (unpaired) electrons. The molecule has 1 fully saturated rings. The molecule has 0 aliphatic carbocycles. The second kappa shape index (κ2) is 11.8. The summed E-state index contributed by atoms with van der Waals surface area (Å²) in [4.78, 5) is 18.5. The van der Waals surface area contributed by atoms with Crippen molar-refractivity contribution in [1.82, 2.24) is 14.2 Å². The first kappa shape index (κ1) is 25.4. The smallest absolute Gasteiger partial charge is 0.410 e. The van der Waals surface area contributed by atoms with Gasteiger partial charge in [-0.1, -0.05) is 18.0 Å². The minimum Gasteiger partial charge on any atom is -0.448 e. The monoisotopic (exact) mass is 495 g/mol. The van der Waals surface area contributed by atoms with Crippen molar-refractivity contribution in [3.8, 4) is 0 Å². The van der Waals surface area contributed by atoms with E-state index in [9.17, 15) is 13.2 Å². The van der Waals surface area contributed by atoms with E-state index in [4.69, 9.17) is 21.1 Å². The molecule has 1 saturated heterocycles. The largest absolute Gasteiger partial charge is 0.448 e. The minimum atomic E-state index is -3.84. The predicted molar refractivity (Wildman–Crippen MR) is 125 cm³/mol. The van der Waals surface area contributed by atoms with Crippen molar-refractivity contribution in [3.05, 3.63) is 59.4 Å². The molecule has 1 aliphatic heterocycles. The molecular weight excluding hydrogens is 466 g/mol. The normalized spacial score (nSPS) is 19.2. The molecule has 1 aliphatic rings. The molecule has 2 atom stereocenters. The summed E-state index contributed by atoms with van der Waals surface area (Å²) in [5.41, 5.74) is 0.938. The Hall–Kier alpha value is -2.20. The van der Waals surface area contributed by atoms with Gasteiger partial charge in [0.1, 0.15) is 6.61 Å². The zero-order valence-electron chi connectivity index (χ0n) is 18.9. The molecule has 0 saturated carbocycles. The molecule has 33 heavy (non-hydrogen) atoms. The van der Waals surface area contributed by atoms with Crippen molar-refractivity contribution in [2.75, 3.05) is 26.9 Å². The SMILES string of the molecule is CCN(Cc1ccncc1)C(=O)OCC1CCCC(COC)N1S(=O)(=O)c1ccc(Cl)cc1. The third-order valence-corrected chi connectivity index (χ3v) is 7.98. The Morgan fingerprint density at radius 1 is 1.12 bits per heavy atom. The van der Waals surface area contributed by atoms with E-state index in [-0.39, 0.29) is 24.2 Å². The van der Waals surface area contributed by atoms with E-state index in [1.807, 2.05) is 19.1 Å². The molecule has 2 heterocycles. The van der Waals surface area contributed by atoms with E-state index in [0.717, 1.165) is 12.0 Å². The van der Waals surface area contributed by atoms with E-state index in [1.54, 1.807) is 36.5 Å². The van der Waals surface area contributed by atoms with Crippen molar-refractivity contribution in [3.63, 3.8) is 0 Å². The number of ether oxygens (including phenoxy) is 2. The number of piperidine rings is 1. The van der Waals surface area contributed by atoms with E-state index in [1.165, 1.54) is 16.4 Å². The first-order valence-corrected chi connectivity index (χ1v) is 12.8. The average Bonchev–Trinajstić information content (AvgIpc) is 2.82. The summed E-state index contributed by atoms with van der Waals surface area (Å²) in [6.45, 7) is 2.96. The third-order valence-electron chi connectivity index (χ3n) is 5.70. The van der Waals surface area contributed by atoms with Crippen LogP contribution in [0.2, 0.25) is 5.02 Å². The van der Waals surface area contributed by atoms with Crippen molar-refractivity contribution in [2.45, 2.75) is 49.7 Å². The second-order valence-electron chi connectivity index (χ2n) is 7.93. The van der Waals surface area contributed by atoms with Crippen LogP contribution in [-0.2, 0) is 26.0 Å². The highest BCUT2D eigenvalue weighted by Crippen LogP contribution is 2.31. The molecule has 180 valence electrons. The van der Waals surface area contributed by atoms with Crippen LogP contribution < -0.4 is 0 Å². The number of halogens is 1. The Labute approximate surface area is 200 Å². The lowest BCUT2D eigenvalue weighted by atomic mass is 9.99. The van der Waals surface area contributed by atoms with Crippen LogP contribution in [0.25, 0.3) is 0 Å². The molecule has 1 aromatic heterocycles. The Balaban J connectivity index is 1.76. The van der Waals surface area contributed by atoms with Gasteiger partial charge < -0.3 is 14.4 Å². The molecular formula is C23H30ClN3O5S. The molecule has 0 spiro atoms. The number of nitrogens with zero attached hydrogens (tertiary/aromatic N) is 3. The van der Waals surface area contributed by atoms with Gasteiger partial charge in [-0.05, 0) is 61.7 Å². The number of methoxy groups -OCH3 is 1. The predicted octanol–water partition coefficient (Wildman–Crippen LogP) is 3.95. The first-order valence-electron chi connectivity index (χ1n) is 11.0. The summed E-state index contributed by atoms with van der Waals surface area (Å²) in [5.74, 6) is 0. The van der Waals surface area contributed by atoms with E-state index >= 15 is 0 Å². The van der Waals surface area contributed by atoms with Crippen LogP contribution in [0.3, 0.4) is 0 Å². The summed E-state index contributed by atoms with van der Waals surface area (Å²) in [7, 11) is -2.29. The van der Waals surface area contributed by atoms with Crippen LogP contribution in [0, 0.1) is 0 Å². The van der Waals surface area contributed by atoms with Crippen molar-refractivity contribution in [2.24, 2.45) is 0 Å². The van der Waals surface area contributed by atoms with Gasteiger partial charge in [-0.15, -0.1) is 0 Å². The second-order valence-corrected chi connectivity index (χ2v) is 10.2. The first-order chi connectivity index (χ1) is 15.9. The van der Waals surface area contributed by atoms with E-state index in [2.05, 4.69) is 4.98 Å². The molecule has 1 amide bonds. The highest BCUT2D eigenvalue weighted by molar-refractivity contribution is 7.89. The molecule has 0 bridgehead atoms. The molecule has 8 nitrogen and oxygen atoms in total. The minimum absolute atomic E-state index is 0.0291. The van der Waals surface area contributed by atoms with Crippen LogP contribution in [-0.4, -0.2) is 67.7 Å². The third kappa shape index (κ3) is 6.44.